The van der Waals surface area contributed by atoms with Gasteiger partial charge in [-0.1, -0.05) is 31.4 Å². The first-order chi connectivity index (χ1) is 16.6. The lowest BCUT2D eigenvalue weighted by atomic mass is 9.91. The van der Waals surface area contributed by atoms with Gasteiger partial charge in [0.05, 0.1) is 17.2 Å². The molecular formula is C27H32N6O. The number of fused-ring (bicyclic) bond motifs is 1. The molecular weight excluding hydrogens is 424 g/mol. The average molecular weight is 457 g/mol. The van der Waals surface area contributed by atoms with Gasteiger partial charge in [-0.25, -0.2) is 4.98 Å². The Morgan fingerprint density at radius 2 is 1.74 bits per heavy atom. The number of hydrogen-bond donors (Lipinski definition) is 3. The molecule has 4 N–H and O–H groups in total. The molecule has 1 aromatic carbocycles. The number of rotatable bonds is 5. The molecule has 0 atom stereocenters. The Morgan fingerprint density at radius 3 is 2.44 bits per heavy atom. The minimum atomic E-state index is -0.0910. The lowest BCUT2D eigenvalue weighted by molar-refractivity contribution is 0.0927. The number of pyridine rings is 1. The van der Waals surface area contributed by atoms with Crippen LogP contribution in [0.25, 0.3) is 16.9 Å². The van der Waals surface area contributed by atoms with Crippen LogP contribution in [0.3, 0.4) is 0 Å². The maximum absolute atomic E-state index is 13.3. The van der Waals surface area contributed by atoms with Crippen LogP contribution in [-0.2, 0) is 0 Å². The van der Waals surface area contributed by atoms with Gasteiger partial charge in [0.15, 0.2) is 5.65 Å². The third kappa shape index (κ3) is 4.64. The van der Waals surface area contributed by atoms with Gasteiger partial charge in [-0.3, -0.25) is 9.20 Å². The van der Waals surface area contributed by atoms with Crippen molar-refractivity contribution in [2.24, 2.45) is 5.73 Å². The molecule has 0 unspecified atom stereocenters. The van der Waals surface area contributed by atoms with Crippen LogP contribution >= 0.6 is 0 Å². The van der Waals surface area contributed by atoms with Crippen molar-refractivity contribution in [1.82, 2.24) is 14.7 Å². The molecule has 0 aliphatic heterocycles. The molecule has 2 aliphatic rings. The molecule has 2 aromatic heterocycles. The first-order valence-electron chi connectivity index (χ1n) is 12.5. The van der Waals surface area contributed by atoms with Gasteiger partial charge in [-0.05, 0) is 62.8 Å². The zero-order valence-electron chi connectivity index (χ0n) is 19.5. The highest BCUT2D eigenvalue weighted by Crippen LogP contribution is 2.33. The van der Waals surface area contributed by atoms with E-state index in [-0.39, 0.29) is 18.0 Å². The predicted molar refractivity (Wildman–Crippen MR) is 134 cm³/mol. The number of aromatic nitrogens is 2. The quantitative estimate of drug-likeness (QED) is 0.519. The first-order valence-corrected chi connectivity index (χ1v) is 12.5. The van der Waals surface area contributed by atoms with E-state index in [0.717, 1.165) is 55.6 Å². The monoisotopic (exact) mass is 456 g/mol. The predicted octanol–water partition coefficient (Wildman–Crippen LogP) is 4.62. The van der Waals surface area contributed by atoms with Gasteiger partial charge in [-0.2, -0.15) is 5.26 Å². The maximum Gasteiger partial charge on any atom is 0.255 e. The van der Waals surface area contributed by atoms with Crippen LogP contribution in [0.2, 0.25) is 0 Å². The Hall–Kier alpha value is -3.37. The molecule has 7 nitrogen and oxygen atoms in total. The summed E-state index contributed by atoms with van der Waals surface area (Å²) in [7, 11) is 0. The Labute approximate surface area is 200 Å². The highest BCUT2D eigenvalue weighted by atomic mass is 16.1. The molecule has 3 aromatic rings. The number of anilines is 1. The van der Waals surface area contributed by atoms with Crippen molar-refractivity contribution >= 4 is 17.4 Å². The van der Waals surface area contributed by atoms with Crippen molar-refractivity contribution in [3.05, 3.63) is 53.7 Å². The summed E-state index contributed by atoms with van der Waals surface area (Å²) in [6.07, 6.45) is 11.7. The zero-order chi connectivity index (χ0) is 23.5. The summed E-state index contributed by atoms with van der Waals surface area (Å²) in [5.41, 5.74) is 9.59. The molecule has 7 heteroatoms. The number of imidazole rings is 1. The molecule has 2 fully saturated rings. The highest BCUT2D eigenvalue weighted by molar-refractivity contribution is 6.01. The fraction of sp³-hybridized carbons (Fsp3) is 0.444. The number of nitriles is 1. The molecule has 0 radical (unpaired) electrons. The number of nitrogens with one attached hydrogen (secondary N) is 2. The lowest BCUT2D eigenvalue weighted by Gasteiger charge is -2.26. The largest absolute Gasteiger partial charge is 0.367 e. The third-order valence-electron chi connectivity index (χ3n) is 7.24. The Balaban J connectivity index is 1.52. The summed E-state index contributed by atoms with van der Waals surface area (Å²) < 4.78 is 2.01. The standard InChI is InChI=1S/C27H32N6O/c28-17-18-8-10-19(11-9-18)24-26(30-21-5-2-1-3-6-21)33-16-4-7-23(25(33)32-24)27(34)31-22-14-12-20(29)13-15-22/h4,7-11,16,20-22,30H,1-3,5-6,12-15,29H2,(H,31,34). The summed E-state index contributed by atoms with van der Waals surface area (Å²) in [6, 6.07) is 14.2. The van der Waals surface area contributed by atoms with E-state index in [0.29, 0.717) is 22.8 Å². The zero-order valence-corrected chi connectivity index (χ0v) is 19.5. The van der Waals surface area contributed by atoms with E-state index in [4.69, 9.17) is 10.7 Å². The molecule has 0 bridgehead atoms. The lowest BCUT2D eigenvalue weighted by Crippen LogP contribution is -2.40. The van der Waals surface area contributed by atoms with Gasteiger partial charge in [-0.15, -0.1) is 0 Å². The number of nitrogens with zero attached hydrogens (tertiary/aromatic N) is 3. The molecule has 5 rings (SSSR count). The van der Waals surface area contributed by atoms with Crippen molar-refractivity contribution in [1.29, 1.82) is 5.26 Å². The van der Waals surface area contributed by atoms with Gasteiger partial charge in [0.25, 0.3) is 5.91 Å². The van der Waals surface area contributed by atoms with Crippen LogP contribution in [-0.4, -0.2) is 33.4 Å². The topological polar surface area (TPSA) is 108 Å². The van der Waals surface area contributed by atoms with Crippen LogP contribution in [0, 0.1) is 11.3 Å². The fourth-order valence-electron chi connectivity index (χ4n) is 5.25. The maximum atomic E-state index is 13.3. The summed E-state index contributed by atoms with van der Waals surface area (Å²) in [5.74, 6) is 0.816. The van der Waals surface area contributed by atoms with Gasteiger partial charge < -0.3 is 16.4 Å². The molecule has 2 saturated carbocycles. The molecule has 2 aliphatic carbocycles. The molecule has 0 spiro atoms. The van der Waals surface area contributed by atoms with Gasteiger partial charge >= 0.3 is 0 Å². The summed E-state index contributed by atoms with van der Waals surface area (Å²) >= 11 is 0. The van der Waals surface area contributed by atoms with E-state index in [1.807, 2.05) is 47.0 Å². The van der Waals surface area contributed by atoms with Crippen LogP contribution in [0.1, 0.15) is 73.7 Å². The highest BCUT2D eigenvalue weighted by Gasteiger charge is 2.25. The summed E-state index contributed by atoms with van der Waals surface area (Å²) in [4.78, 5) is 18.3. The van der Waals surface area contributed by atoms with Crippen LogP contribution in [0.15, 0.2) is 42.6 Å². The Bertz CT molecular complexity index is 1190. The fourth-order valence-corrected chi connectivity index (χ4v) is 5.25. The number of carbonyl (C=O) groups excluding carboxylic acids is 1. The van der Waals surface area contributed by atoms with E-state index in [1.165, 1.54) is 19.3 Å². The smallest absolute Gasteiger partial charge is 0.255 e. The van der Waals surface area contributed by atoms with E-state index < -0.39 is 0 Å². The van der Waals surface area contributed by atoms with Gasteiger partial charge in [0.1, 0.15) is 11.5 Å². The average Bonchev–Trinajstić information content (AvgIpc) is 3.24. The molecule has 34 heavy (non-hydrogen) atoms. The van der Waals surface area contributed by atoms with Crippen molar-refractivity contribution in [3.8, 4) is 17.3 Å². The van der Waals surface area contributed by atoms with Gasteiger partial charge in [0.2, 0.25) is 0 Å². The summed E-state index contributed by atoms with van der Waals surface area (Å²) in [5, 5.41) is 16.1. The minimum absolute atomic E-state index is 0.0910. The SMILES string of the molecule is N#Cc1ccc(-c2nc3c(C(=O)NC4CCC(N)CC4)cccn3c2NC2CCCCC2)cc1. The molecule has 0 saturated heterocycles. The normalized spacial score (nSPS) is 21.2. The molecule has 1 amide bonds. The molecule has 176 valence electrons. The number of hydrogen-bond acceptors (Lipinski definition) is 5. The molecule has 2 heterocycles. The van der Waals surface area contributed by atoms with E-state index in [1.54, 1.807) is 0 Å². The first kappa shape index (κ1) is 22.4. The Morgan fingerprint density at radius 1 is 1.00 bits per heavy atom. The number of carbonyl (C=O) groups is 1. The van der Waals surface area contributed by atoms with Crippen LogP contribution in [0.4, 0.5) is 5.82 Å². The van der Waals surface area contributed by atoms with Crippen LogP contribution < -0.4 is 16.4 Å². The van der Waals surface area contributed by atoms with Crippen molar-refractivity contribution in [2.75, 3.05) is 5.32 Å². The van der Waals surface area contributed by atoms with Gasteiger partial charge in [0, 0.05) is 29.9 Å². The third-order valence-corrected chi connectivity index (χ3v) is 7.24. The van der Waals surface area contributed by atoms with Crippen molar-refractivity contribution in [3.63, 3.8) is 0 Å². The van der Waals surface area contributed by atoms with Crippen LogP contribution in [0.5, 0.6) is 0 Å². The number of benzene rings is 1. The van der Waals surface area contributed by atoms with Crippen molar-refractivity contribution < 1.29 is 4.79 Å². The second-order valence-electron chi connectivity index (χ2n) is 9.68. The van der Waals surface area contributed by atoms with E-state index >= 15 is 0 Å². The number of amides is 1. The second-order valence-corrected chi connectivity index (χ2v) is 9.68. The Kier molecular flexibility index (Phi) is 6.50. The van der Waals surface area contributed by atoms with Crippen molar-refractivity contribution in [2.45, 2.75) is 75.9 Å². The summed E-state index contributed by atoms with van der Waals surface area (Å²) in [6.45, 7) is 0. The number of nitrogens with two attached hydrogens (primary N) is 1. The minimum Gasteiger partial charge on any atom is -0.367 e. The van der Waals surface area contributed by atoms with E-state index in [2.05, 4.69) is 16.7 Å². The second kappa shape index (κ2) is 9.86. The van der Waals surface area contributed by atoms with E-state index in [9.17, 15) is 10.1 Å².